The predicted molar refractivity (Wildman–Crippen MR) is 88.4 cm³/mol. The standard InChI is InChI=1S/C15H23N3O3S/c1-3-22(20,21)18-13-8-6-12(7-9-13)17-14(19)15(2)10-4-5-11-16-15/h6-9,16,18H,3-5,10-11H2,1-2H3,(H,17,19). The fraction of sp³-hybridized carbons (Fsp3) is 0.533. The highest BCUT2D eigenvalue weighted by Gasteiger charge is 2.34. The normalized spacial score (nSPS) is 22.1. The topological polar surface area (TPSA) is 87.3 Å². The van der Waals surface area contributed by atoms with Crippen LogP contribution in [0.2, 0.25) is 0 Å². The van der Waals surface area contributed by atoms with Gasteiger partial charge in [-0.2, -0.15) is 0 Å². The van der Waals surface area contributed by atoms with Gasteiger partial charge in [0.05, 0.1) is 11.3 Å². The van der Waals surface area contributed by atoms with Gasteiger partial charge in [-0.05, 0) is 63.9 Å². The number of carbonyl (C=O) groups is 1. The van der Waals surface area contributed by atoms with E-state index >= 15 is 0 Å². The molecule has 0 radical (unpaired) electrons. The Hall–Kier alpha value is -1.60. The maximum atomic E-state index is 12.4. The molecule has 0 aliphatic carbocycles. The summed E-state index contributed by atoms with van der Waals surface area (Å²) in [5.74, 6) is -0.0377. The van der Waals surface area contributed by atoms with Gasteiger partial charge in [-0.25, -0.2) is 8.42 Å². The van der Waals surface area contributed by atoms with Crippen molar-refractivity contribution < 1.29 is 13.2 Å². The Morgan fingerprint density at radius 1 is 1.23 bits per heavy atom. The summed E-state index contributed by atoms with van der Waals surface area (Å²) in [6.45, 7) is 4.34. The van der Waals surface area contributed by atoms with Crippen LogP contribution in [0.4, 0.5) is 11.4 Å². The van der Waals surface area contributed by atoms with Crippen LogP contribution in [0.1, 0.15) is 33.1 Å². The highest BCUT2D eigenvalue weighted by atomic mass is 32.2. The van der Waals surface area contributed by atoms with Crippen molar-refractivity contribution in [1.82, 2.24) is 5.32 Å². The Kier molecular flexibility index (Phi) is 5.08. The first-order valence-corrected chi connectivity index (χ1v) is 9.17. The molecule has 0 bridgehead atoms. The zero-order chi connectivity index (χ0) is 16.2. The van der Waals surface area contributed by atoms with E-state index in [1.807, 2.05) is 6.92 Å². The molecular formula is C15H23N3O3S. The second-order valence-electron chi connectivity index (χ2n) is 5.75. The number of hydrogen-bond acceptors (Lipinski definition) is 4. The molecule has 0 spiro atoms. The molecule has 1 unspecified atom stereocenters. The summed E-state index contributed by atoms with van der Waals surface area (Å²) in [6, 6.07) is 6.66. The van der Waals surface area contributed by atoms with Gasteiger partial charge in [-0.1, -0.05) is 0 Å². The molecule has 1 atom stereocenters. The summed E-state index contributed by atoms with van der Waals surface area (Å²) in [4.78, 5) is 12.4. The van der Waals surface area contributed by atoms with Gasteiger partial charge >= 0.3 is 0 Å². The number of hydrogen-bond donors (Lipinski definition) is 3. The summed E-state index contributed by atoms with van der Waals surface area (Å²) < 4.78 is 25.4. The van der Waals surface area contributed by atoms with Gasteiger partial charge in [0.25, 0.3) is 0 Å². The van der Waals surface area contributed by atoms with Crippen molar-refractivity contribution in [2.75, 3.05) is 22.3 Å². The third kappa shape index (κ3) is 4.20. The number of rotatable bonds is 5. The van der Waals surface area contributed by atoms with Gasteiger partial charge in [-0.15, -0.1) is 0 Å². The lowest BCUT2D eigenvalue weighted by Gasteiger charge is -2.33. The highest BCUT2D eigenvalue weighted by molar-refractivity contribution is 7.92. The minimum absolute atomic E-state index is 0.0233. The second kappa shape index (κ2) is 6.66. The van der Waals surface area contributed by atoms with Gasteiger partial charge in [-0.3, -0.25) is 9.52 Å². The van der Waals surface area contributed by atoms with Crippen molar-refractivity contribution in [3.8, 4) is 0 Å². The van der Waals surface area contributed by atoms with Crippen molar-refractivity contribution in [2.45, 2.75) is 38.6 Å². The Morgan fingerprint density at radius 3 is 2.41 bits per heavy atom. The third-order valence-corrected chi connectivity index (χ3v) is 5.22. The number of benzene rings is 1. The molecule has 3 N–H and O–H groups in total. The lowest BCUT2D eigenvalue weighted by atomic mass is 9.90. The Bertz CT molecular complexity index is 620. The van der Waals surface area contributed by atoms with Crippen LogP contribution >= 0.6 is 0 Å². The van der Waals surface area contributed by atoms with Crippen LogP contribution in [-0.2, 0) is 14.8 Å². The van der Waals surface area contributed by atoms with Crippen LogP contribution in [0.15, 0.2) is 24.3 Å². The van der Waals surface area contributed by atoms with Crippen LogP contribution in [0, 0.1) is 0 Å². The van der Waals surface area contributed by atoms with E-state index in [-0.39, 0.29) is 11.7 Å². The zero-order valence-corrected chi connectivity index (χ0v) is 13.8. The van der Waals surface area contributed by atoms with Crippen LogP contribution in [-0.4, -0.2) is 32.2 Å². The molecule has 1 aliphatic heterocycles. The molecule has 1 amide bonds. The first-order chi connectivity index (χ1) is 10.3. The van der Waals surface area contributed by atoms with Crippen molar-refractivity contribution in [2.24, 2.45) is 0 Å². The van der Waals surface area contributed by atoms with E-state index in [1.54, 1.807) is 31.2 Å². The molecule has 22 heavy (non-hydrogen) atoms. The Morgan fingerprint density at radius 2 is 1.86 bits per heavy atom. The highest BCUT2D eigenvalue weighted by Crippen LogP contribution is 2.22. The van der Waals surface area contributed by atoms with Crippen molar-refractivity contribution in [1.29, 1.82) is 0 Å². The van der Waals surface area contributed by atoms with E-state index in [4.69, 9.17) is 0 Å². The number of nitrogens with one attached hydrogen (secondary N) is 3. The third-order valence-electron chi connectivity index (χ3n) is 3.92. The average Bonchev–Trinajstić information content (AvgIpc) is 2.50. The van der Waals surface area contributed by atoms with Gasteiger partial charge in [0.15, 0.2) is 0 Å². The molecule has 2 rings (SSSR count). The molecule has 1 heterocycles. The van der Waals surface area contributed by atoms with Crippen molar-refractivity contribution >= 4 is 27.3 Å². The molecule has 0 aromatic heterocycles. The minimum atomic E-state index is -3.28. The van der Waals surface area contributed by atoms with Gasteiger partial charge in [0.1, 0.15) is 0 Å². The molecule has 1 fully saturated rings. The van der Waals surface area contributed by atoms with Gasteiger partial charge < -0.3 is 10.6 Å². The smallest absolute Gasteiger partial charge is 0.244 e. The fourth-order valence-electron chi connectivity index (χ4n) is 2.39. The summed E-state index contributed by atoms with van der Waals surface area (Å²) in [5, 5.41) is 6.14. The minimum Gasteiger partial charge on any atom is -0.324 e. The lowest BCUT2D eigenvalue weighted by Crippen LogP contribution is -2.54. The number of piperidine rings is 1. The predicted octanol–water partition coefficient (Wildman–Crippen LogP) is 1.92. The number of amides is 1. The molecule has 0 saturated carbocycles. The Labute approximate surface area is 131 Å². The number of anilines is 2. The van der Waals surface area contributed by atoms with Crippen molar-refractivity contribution in [3.05, 3.63) is 24.3 Å². The number of sulfonamides is 1. The average molecular weight is 325 g/mol. The fourth-order valence-corrected chi connectivity index (χ4v) is 3.03. The summed E-state index contributed by atoms with van der Waals surface area (Å²) in [7, 11) is -3.28. The maximum Gasteiger partial charge on any atom is 0.244 e. The first-order valence-electron chi connectivity index (χ1n) is 7.52. The summed E-state index contributed by atoms with van der Waals surface area (Å²) >= 11 is 0. The molecule has 1 aromatic carbocycles. The monoisotopic (exact) mass is 325 g/mol. The molecular weight excluding hydrogens is 302 g/mol. The van der Waals surface area contributed by atoms with Crippen molar-refractivity contribution in [3.63, 3.8) is 0 Å². The number of carbonyl (C=O) groups excluding carboxylic acids is 1. The Balaban J connectivity index is 2.00. The molecule has 6 nitrogen and oxygen atoms in total. The van der Waals surface area contributed by atoms with E-state index in [2.05, 4.69) is 15.4 Å². The van der Waals surface area contributed by atoms with Crippen LogP contribution < -0.4 is 15.4 Å². The van der Waals surface area contributed by atoms with Crippen LogP contribution in [0.25, 0.3) is 0 Å². The van der Waals surface area contributed by atoms with E-state index in [9.17, 15) is 13.2 Å². The lowest BCUT2D eigenvalue weighted by molar-refractivity contribution is -0.122. The molecule has 1 aromatic rings. The second-order valence-corrected chi connectivity index (χ2v) is 7.76. The SMILES string of the molecule is CCS(=O)(=O)Nc1ccc(NC(=O)C2(C)CCCCN2)cc1. The summed E-state index contributed by atoms with van der Waals surface area (Å²) in [5.41, 5.74) is 0.598. The van der Waals surface area contributed by atoms with Crippen LogP contribution in [0.3, 0.4) is 0 Å². The van der Waals surface area contributed by atoms with E-state index in [1.165, 1.54) is 0 Å². The van der Waals surface area contributed by atoms with Crippen LogP contribution in [0.5, 0.6) is 0 Å². The van der Waals surface area contributed by atoms with E-state index < -0.39 is 15.6 Å². The molecule has 1 aliphatic rings. The van der Waals surface area contributed by atoms with E-state index in [0.717, 1.165) is 25.8 Å². The maximum absolute atomic E-state index is 12.4. The van der Waals surface area contributed by atoms with Gasteiger partial charge in [0, 0.05) is 11.4 Å². The molecule has 7 heteroatoms. The van der Waals surface area contributed by atoms with Gasteiger partial charge in [0.2, 0.25) is 15.9 Å². The van der Waals surface area contributed by atoms with E-state index in [0.29, 0.717) is 11.4 Å². The first kappa shape index (κ1) is 16.8. The quantitative estimate of drug-likeness (QED) is 0.772. The molecule has 122 valence electrons. The zero-order valence-electron chi connectivity index (χ0n) is 13.0. The largest absolute Gasteiger partial charge is 0.324 e. The summed E-state index contributed by atoms with van der Waals surface area (Å²) in [6.07, 6.45) is 2.94. The molecule has 1 saturated heterocycles.